The van der Waals surface area contributed by atoms with Crippen LogP contribution >= 0.6 is 17.2 Å². The summed E-state index contributed by atoms with van der Waals surface area (Å²) < 4.78 is 0. The highest BCUT2D eigenvalue weighted by Gasteiger charge is 2.15. The summed E-state index contributed by atoms with van der Waals surface area (Å²) in [6.45, 7) is 4.60. The average Bonchev–Trinajstić information content (AvgIpc) is 2.81. The molecule has 3 aromatic carbocycles. The van der Waals surface area contributed by atoms with Crippen LogP contribution < -0.4 is 0 Å². The molecular weight excluding hydrogens is 398 g/mol. The molecule has 0 N–H and O–H groups in total. The molecule has 0 heterocycles. The number of hydrogen-bond donors (Lipinski definition) is 0. The van der Waals surface area contributed by atoms with E-state index in [1.807, 2.05) is 0 Å². The molecule has 0 bridgehead atoms. The number of hydrogen-bond acceptors (Lipinski definition) is 0. The van der Waals surface area contributed by atoms with Gasteiger partial charge >= 0.3 is 0 Å². The Labute approximate surface area is 187 Å². The summed E-state index contributed by atoms with van der Waals surface area (Å²) in [5.41, 5.74) is 8.86. The van der Waals surface area contributed by atoms with Crippen molar-refractivity contribution in [1.82, 2.24) is 0 Å². The third-order valence-corrected chi connectivity index (χ3v) is 8.24. The fourth-order valence-corrected chi connectivity index (χ4v) is 6.77. The predicted molar refractivity (Wildman–Crippen MR) is 141 cm³/mol. The molecule has 0 radical (unpaired) electrons. The largest absolute Gasteiger partial charge is 0.118 e. The Morgan fingerprint density at radius 2 is 0.933 bits per heavy atom. The molecule has 0 aromatic heterocycles. The van der Waals surface area contributed by atoms with Gasteiger partial charge in [0.05, 0.1) is 0 Å². The molecule has 0 fully saturated rings. The van der Waals surface area contributed by atoms with E-state index in [2.05, 4.69) is 86.6 Å². The van der Waals surface area contributed by atoms with Gasteiger partial charge in [0.1, 0.15) is 0 Å². The van der Waals surface area contributed by atoms with Crippen LogP contribution in [0.1, 0.15) is 50.7 Å². The highest BCUT2D eigenvalue weighted by Crippen LogP contribution is 2.40. The first-order valence-electron chi connectivity index (χ1n) is 11.5. The quantitative estimate of drug-likeness (QED) is 0.197. The smallest absolute Gasteiger partial charge is 0.00913 e. The molecule has 0 saturated carbocycles. The van der Waals surface area contributed by atoms with E-state index in [1.165, 1.54) is 72.6 Å². The first-order chi connectivity index (χ1) is 14.8. The monoisotopic (exact) mass is 434 g/mol. The van der Waals surface area contributed by atoms with Gasteiger partial charge in [0.2, 0.25) is 0 Å². The second-order valence-corrected chi connectivity index (χ2v) is 10.6. The fraction of sp³-hybridized carbons (Fsp3) is 0.357. The Kier molecular flexibility index (Phi) is 10.1. The van der Waals surface area contributed by atoms with Gasteiger partial charge in [0.25, 0.3) is 0 Å². The standard InChI is InChI=1S/C28H36P2/c1-3-5-19-29-21-27-25(23-13-9-7-10-14-23)17-18-26(24-15-11-8-12-16-24)28(27)22-30-20-6-4-2/h7-18,29-30H,3-6,19-22H2,1-2H3. The minimum absolute atomic E-state index is 1.02. The minimum Gasteiger partial charge on any atom is -0.118 e. The SMILES string of the molecule is CCCCPCc1c(-c2ccccc2)ccc(-c2ccccc2)c1CPCCCC. The Morgan fingerprint density at radius 3 is 1.30 bits per heavy atom. The van der Waals surface area contributed by atoms with Crippen LogP contribution in [0.3, 0.4) is 0 Å². The van der Waals surface area contributed by atoms with Gasteiger partial charge in [0, 0.05) is 0 Å². The van der Waals surface area contributed by atoms with Crippen molar-refractivity contribution < 1.29 is 0 Å². The summed E-state index contributed by atoms with van der Waals surface area (Å²) in [4.78, 5) is 0. The molecule has 0 amide bonds. The summed E-state index contributed by atoms with van der Waals surface area (Å²) in [6.07, 6.45) is 10.5. The molecule has 3 rings (SSSR count). The van der Waals surface area contributed by atoms with Crippen LogP contribution in [-0.2, 0) is 12.3 Å². The van der Waals surface area contributed by atoms with Crippen LogP contribution in [0, 0.1) is 0 Å². The maximum absolute atomic E-state index is 2.38. The normalized spacial score (nSPS) is 11.8. The van der Waals surface area contributed by atoms with Crippen LogP contribution in [-0.4, -0.2) is 12.3 Å². The van der Waals surface area contributed by atoms with Crippen molar-refractivity contribution in [2.75, 3.05) is 12.3 Å². The van der Waals surface area contributed by atoms with Crippen molar-refractivity contribution in [2.45, 2.75) is 51.9 Å². The van der Waals surface area contributed by atoms with Crippen molar-refractivity contribution in [3.05, 3.63) is 83.9 Å². The lowest BCUT2D eigenvalue weighted by atomic mass is 9.90. The topological polar surface area (TPSA) is 0 Å². The molecule has 0 nitrogen and oxygen atoms in total. The number of unbranched alkanes of at least 4 members (excludes halogenated alkanes) is 2. The Balaban J connectivity index is 2.04. The molecule has 0 spiro atoms. The summed E-state index contributed by atoms with van der Waals surface area (Å²) in [5, 5.41) is 0. The van der Waals surface area contributed by atoms with Gasteiger partial charge in [-0.2, -0.15) is 0 Å². The zero-order valence-electron chi connectivity index (χ0n) is 18.6. The molecule has 0 aliphatic heterocycles. The third-order valence-electron chi connectivity index (χ3n) is 5.62. The maximum atomic E-state index is 2.38. The lowest BCUT2D eigenvalue weighted by molar-refractivity contribution is 0.892. The van der Waals surface area contributed by atoms with E-state index in [0.29, 0.717) is 0 Å². The maximum Gasteiger partial charge on any atom is -0.00913 e. The second-order valence-electron chi connectivity index (χ2n) is 7.91. The van der Waals surface area contributed by atoms with Crippen LogP contribution in [0.4, 0.5) is 0 Å². The first-order valence-corrected chi connectivity index (χ1v) is 14.3. The molecule has 158 valence electrons. The van der Waals surface area contributed by atoms with Crippen molar-refractivity contribution in [2.24, 2.45) is 0 Å². The molecule has 0 aliphatic rings. The fourth-order valence-electron chi connectivity index (χ4n) is 3.90. The van der Waals surface area contributed by atoms with E-state index < -0.39 is 0 Å². The molecule has 2 heteroatoms. The second kappa shape index (κ2) is 13.0. The van der Waals surface area contributed by atoms with E-state index in [9.17, 15) is 0 Å². The molecule has 30 heavy (non-hydrogen) atoms. The summed E-state index contributed by atoms with van der Waals surface area (Å²) in [7, 11) is 2.03. The van der Waals surface area contributed by atoms with Crippen LogP contribution in [0.15, 0.2) is 72.8 Å². The van der Waals surface area contributed by atoms with E-state index in [0.717, 1.165) is 17.2 Å². The Hall–Kier alpha value is -1.48. The zero-order chi connectivity index (χ0) is 21.0. The van der Waals surface area contributed by atoms with Gasteiger partial charge in [0.15, 0.2) is 0 Å². The van der Waals surface area contributed by atoms with Crippen molar-refractivity contribution in [1.29, 1.82) is 0 Å². The van der Waals surface area contributed by atoms with E-state index in [-0.39, 0.29) is 0 Å². The minimum atomic E-state index is 1.02. The zero-order valence-corrected chi connectivity index (χ0v) is 20.6. The summed E-state index contributed by atoms with van der Waals surface area (Å²) in [6, 6.07) is 26.8. The van der Waals surface area contributed by atoms with Crippen LogP contribution in [0.5, 0.6) is 0 Å². The molecule has 0 saturated heterocycles. The predicted octanol–water partition coefficient (Wildman–Crippen LogP) is 8.98. The first kappa shape index (κ1) is 23.2. The van der Waals surface area contributed by atoms with E-state index >= 15 is 0 Å². The highest BCUT2D eigenvalue weighted by molar-refractivity contribution is 7.37. The van der Waals surface area contributed by atoms with E-state index in [4.69, 9.17) is 0 Å². The Morgan fingerprint density at radius 1 is 0.533 bits per heavy atom. The Bertz CT molecular complexity index is 797. The van der Waals surface area contributed by atoms with Crippen molar-refractivity contribution >= 4 is 17.2 Å². The van der Waals surface area contributed by atoms with Gasteiger partial charge < -0.3 is 0 Å². The van der Waals surface area contributed by atoms with Gasteiger partial charge in [-0.15, -0.1) is 17.2 Å². The third kappa shape index (κ3) is 6.51. The molecular formula is C28H36P2. The number of rotatable bonds is 12. The summed E-state index contributed by atoms with van der Waals surface area (Å²) >= 11 is 0. The van der Waals surface area contributed by atoms with Gasteiger partial charge in [-0.25, -0.2) is 0 Å². The highest BCUT2D eigenvalue weighted by atomic mass is 31.1. The van der Waals surface area contributed by atoms with Crippen LogP contribution in [0.25, 0.3) is 22.3 Å². The van der Waals surface area contributed by atoms with Crippen molar-refractivity contribution in [3.8, 4) is 22.3 Å². The van der Waals surface area contributed by atoms with Gasteiger partial charge in [-0.3, -0.25) is 0 Å². The lowest BCUT2D eigenvalue weighted by Gasteiger charge is -2.20. The summed E-state index contributed by atoms with van der Waals surface area (Å²) in [5.74, 6) is 0. The van der Waals surface area contributed by atoms with Gasteiger partial charge in [-0.1, -0.05) is 99.5 Å². The average molecular weight is 435 g/mol. The van der Waals surface area contributed by atoms with Crippen LogP contribution in [0.2, 0.25) is 0 Å². The lowest BCUT2D eigenvalue weighted by Crippen LogP contribution is -1.99. The van der Waals surface area contributed by atoms with Gasteiger partial charge in [-0.05, 0) is 70.9 Å². The number of benzene rings is 3. The molecule has 2 unspecified atom stereocenters. The molecule has 2 atom stereocenters. The van der Waals surface area contributed by atoms with E-state index in [1.54, 1.807) is 11.1 Å². The molecule has 0 aliphatic carbocycles. The van der Waals surface area contributed by atoms with Crippen molar-refractivity contribution in [3.63, 3.8) is 0 Å². The molecule has 3 aromatic rings.